The highest BCUT2D eigenvalue weighted by molar-refractivity contribution is 7.07. The number of aryl methyl sites for hydroxylation is 1. The Hall–Kier alpha value is -3.03. The zero-order valence-corrected chi connectivity index (χ0v) is 17.3. The quantitative estimate of drug-likeness (QED) is 0.506. The van der Waals surface area contributed by atoms with Crippen LogP contribution in [0.5, 0.6) is 0 Å². The lowest BCUT2D eigenvalue weighted by Crippen LogP contribution is -2.18. The Balaban J connectivity index is 1.37. The molecule has 3 heterocycles. The van der Waals surface area contributed by atoms with Crippen molar-refractivity contribution in [2.24, 2.45) is 0 Å². The van der Waals surface area contributed by atoms with Crippen LogP contribution in [-0.4, -0.2) is 32.2 Å². The predicted molar refractivity (Wildman–Crippen MR) is 116 cm³/mol. The van der Waals surface area contributed by atoms with Crippen LogP contribution in [0.4, 0.5) is 5.69 Å². The van der Waals surface area contributed by atoms with Gasteiger partial charge in [-0.3, -0.25) is 9.69 Å². The lowest BCUT2D eigenvalue weighted by atomic mass is 10.2. The summed E-state index contributed by atoms with van der Waals surface area (Å²) in [5, 5.41) is 5.05. The van der Waals surface area contributed by atoms with Gasteiger partial charge in [0, 0.05) is 36.6 Å². The summed E-state index contributed by atoms with van der Waals surface area (Å²) in [6.45, 7) is 3.60. The maximum Gasteiger partial charge on any atom is 0.230 e. The molecule has 4 rings (SSSR count). The Morgan fingerprint density at radius 1 is 1.21 bits per heavy atom. The molecule has 1 N–H and O–H groups in total. The molecule has 1 amide bonds. The van der Waals surface area contributed by atoms with Crippen molar-refractivity contribution in [2.45, 2.75) is 26.4 Å². The van der Waals surface area contributed by atoms with Crippen LogP contribution < -0.4 is 5.32 Å². The Bertz CT molecular complexity index is 1120. The Morgan fingerprint density at radius 2 is 2.10 bits per heavy atom. The van der Waals surface area contributed by atoms with Gasteiger partial charge in [0.1, 0.15) is 5.65 Å². The first-order chi connectivity index (χ1) is 14.1. The topological polar surface area (TPSA) is 62.5 Å². The fraction of sp³-hybridized carbons (Fsp3) is 0.227. The van der Waals surface area contributed by atoms with Crippen molar-refractivity contribution in [1.29, 1.82) is 0 Å². The number of nitrogens with one attached hydrogen (secondary N) is 1. The number of aromatic nitrogens is 3. The zero-order valence-electron chi connectivity index (χ0n) is 16.5. The Kier molecular flexibility index (Phi) is 5.69. The van der Waals surface area contributed by atoms with Crippen molar-refractivity contribution in [3.05, 3.63) is 82.2 Å². The number of amides is 1. The molecule has 148 valence electrons. The first kappa shape index (κ1) is 19.3. The highest BCUT2D eigenvalue weighted by Crippen LogP contribution is 2.15. The number of carbonyl (C=O) groups excluding carboxylic acids is 1. The van der Waals surface area contributed by atoms with Gasteiger partial charge in [-0.05, 0) is 43.3 Å². The molecule has 0 saturated heterocycles. The molecule has 0 aliphatic carbocycles. The molecule has 1 aromatic carbocycles. The number of fused-ring (bicyclic) bond motifs is 1. The number of hydrogen-bond donors (Lipinski definition) is 1. The normalized spacial score (nSPS) is 11.3. The molecule has 0 bridgehead atoms. The molecule has 0 saturated carbocycles. The molecule has 0 unspecified atom stereocenters. The van der Waals surface area contributed by atoms with Crippen LogP contribution in [0.25, 0.3) is 5.65 Å². The average Bonchev–Trinajstić information content (AvgIpc) is 3.32. The molecule has 6 nitrogen and oxygen atoms in total. The van der Waals surface area contributed by atoms with E-state index in [0.29, 0.717) is 0 Å². The molecule has 0 aliphatic rings. The van der Waals surface area contributed by atoms with E-state index in [4.69, 9.17) is 0 Å². The van der Waals surface area contributed by atoms with Crippen LogP contribution >= 0.6 is 11.3 Å². The molecule has 3 aromatic heterocycles. The predicted octanol–water partition coefficient (Wildman–Crippen LogP) is 3.91. The van der Waals surface area contributed by atoms with Crippen LogP contribution in [-0.2, 0) is 24.3 Å². The number of hydrogen-bond acceptors (Lipinski definition) is 5. The summed E-state index contributed by atoms with van der Waals surface area (Å²) in [6, 6.07) is 12.0. The number of nitrogens with zero attached hydrogens (tertiary/aromatic N) is 4. The maximum atomic E-state index is 12.5. The van der Waals surface area contributed by atoms with E-state index in [1.807, 2.05) is 59.6 Å². The van der Waals surface area contributed by atoms with Gasteiger partial charge >= 0.3 is 0 Å². The van der Waals surface area contributed by atoms with Crippen LogP contribution in [0.15, 0.2) is 59.7 Å². The highest BCUT2D eigenvalue weighted by Gasteiger charge is 2.10. The summed E-state index contributed by atoms with van der Waals surface area (Å²) in [6.07, 6.45) is 4.10. The van der Waals surface area contributed by atoms with Crippen molar-refractivity contribution in [3.8, 4) is 0 Å². The van der Waals surface area contributed by atoms with Crippen LogP contribution in [0.3, 0.4) is 0 Å². The second-order valence-electron chi connectivity index (χ2n) is 7.23. The van der Waals surface area contributed by atoms with Crippen molar-refractivity contribution in [2.75, 3.05) is 12.4 Å². The van der Waals surface area contributed by atoms with E-state index in [-0.39, 0.29) is 12.3 Å². The molecule has 0 fully saturated rings. The molecule has 0 atom stereocenters. The van der Waals surface area contributed by atoms with Crippen LogP contribution in [0.2, 0.25) is 0 Å². The largest absolute Gasteiger partial charge is 0.326 e. The fourth-order valence-corrected chi connectivity index (χ4v) is 3.92. The zero-order chi connectivity index (χ0) is 20.2. The monoisotopic (exact) mass is 405 g/mol. The number of carbonyl (C=O) groups is 1. The number of imidazole rings is 1. The van der Waals surface area contributed by atoms with Crippen molar-refractivity contribution in [1.82, 2.24) is 19.3 Å². The first-order valence-corrected chi connectivity index (χ1v) is 10.4. The SMILES string of the molecule is Cc1cccn2cc(CC(=O)Nc3cccc(CN(C)Cc4cscn4)c3)nc12. The van der Waals surface area contributed by atoms with E-state index in [9.17, 15) is 4.79 Å². The fourth-order valence-electron chi connectivity index (χ4n) is 3.37. The number of rotatable bonds is 7. The van der Waals surface area contributed by atoms with Crippen molar-refractivity contribution >= 4 is 28.6 Å². The molecular formula is C22H23N5OS. The summed E-state index contributed by atoms with van der Waals surface area (Å²) in [7, 11) is 2.07. The van der Waals surface area contributed by atoms with E-state index < -0.39 is 0 Å². The Morgan fingerprint density at radius 3 is 2.90 bits per heavy atom. The van der Waals surface area contributed by atoms with Gasteiger partial charge in [0.05, 0.1) is 23.3 Å². The second kappa shape index (κ2) is 8.55. The number of pyridine rings is 1. The second-order valence-corrected chi connectivity index (χ2v) is 7.95. The van der Waals surface area contributed by atoms with Gasteiger partial charge < -0.3 is 9.72 Å². The van der Waals surface area contributed by atoms with Gasteiger partial charge in [-0.2, -0.15) is 0 Å². The molecule has 0 radical (unpaired) electrons. The van der Waals surface area contributed by atoms with Gasteiger partial charge in [-0.15, -0.1) is 11.3 Å². The minimum Gasteiger partial charge on any atom is -0.326 e. The Labute approximate surface area is 173 Å². The average molecular weight is 406 g/mol. The lowest BCUT2D eigenvalue weighted by molar-refractivity contribution is -0.115. The molecule has 4 aromatic rings. The van der Waals surface area contributed by atoms with E-state index in [0.717, 1.165) is 46.9 Å². The minimum absolute atomic E-state index is 0.0703. The molecule has 0 aliphatic heterocycles. The van der Waals surface area contributed by atoms with E-state index in [1.54, 1.807) is 11.3 Å². The maximum absolute atomic E-state index is 12.5. The van der Waals surface area contributed by atoms with Gasteiger partial charge in [0.2, 0.25) is 5.91 Å². The van der Waals surface area contributed by atoms with Crippen LogP contribution in [0, 0.1) is 6.92 Å². The summed E-state index contributed by atoms with van der Waals surface area (Å²) in [5.74, 6) is -0.0703. The van der Waals surface area contributed by atoms with Crippen molar-refractivity contribution in [3.63, 3.8) is 0 Å². The standard InChI is InChI=1S/C22H23N5OS/c1-16-5-4-8-27-13-19(25-22(16)27)10-21(28)24-18-7-3-6-17(9-18)11-26(2)12-20-14-29-15-23-20/h3-9,13-15H,10-12H2,1-2H3,(H,24,28). The smallest absolute Gasteiger partial charge is 0.230 e. The number of anilines is 1. The first-order valence-electron chi connectivity index (χ1n) is 9.44. The molecule has 0 spiro atoms. The van der Waals surface area contributed by atoms with E-state index in [1.165, 1.54) is 0 Å². The summed E-state index contributed by atoms with van der Waals surface area (Å²) in [5.41, 5.74) is 7.61. The van der Waals surface area contributed by atoms with Crippen LogP contribution in [0.1, 0.15) is 22.5 Å². The van der Waals surface area contributed by atoms with E-state index in [2.05, 4.69) is 38.7 Å². The third kappa shape index (κ3) is 4.88. The number of benzene rings is 1. The summed E-state index contributed by atoms with van der Waals surface area (Å²) in [4.78, 5) is 23.6. The van der Waals surface area contributed by atoms with Gasteiger partial charge in [-0.1, -0.05) is 18.2 Å². The van der Waals surface area contributed by atoms with Gasteiger partial charge in [-0.25, -0.2) is 9.97 Å². The lowest BCUT2D eigenvalue weighted by Gasteiger charge is -2.16. The summed E-state index contributed by atoms with van der Waals surface area (Å²) < 4.78 is 1.96. The number of thiazole rings is 1. The molecular weight excluding hydrogens is 382 g/mol. The van der Waals surface area contributed by atoms with Gasteiger partial charge in [0.25, 0.3) is 0 Å². The third-order valence-corrected chi connectivity index (χ3v) is 5.28. The van der Waals surface area contributed by atoms with Gasteiger partial charge in [0.15, 0.2) is 0 Å². The van der Waals surface area contributed by atoms with Crippen molar-refractivity contribution < 1.29 is 4.79 Å². The summed E-state index contributed by atoms with van der Waals surface area (Å²) >= 11 is 1.61. The van der Waals surface area contributed by atoms with E-state index >= 15 is 0 Å². The third-order valence-electron chi connectivity index (χ3n) is 4.65. The molecule has 7 heteroatoms. The highest BCUT2D eigenvalue weighted by atomic mass is 32.1. The minimum atomic E-state index is -0.0703. The molecule has 29 heavy (non-hydrogen) atoms.